The Morgan fingerprint density at radius 2 is 1.66 bits per heavy atom. The molecule has 29 heavy (non-hydrogen) atoms. The Kier molecular flexibility index (Phi) is 12.3. The Hall–Kier alpha value is -1.30. The lowest BCUT2D eigenvalue weighted by Crippen LogP contribution is -2.42. The maximum atomic E-state index is 12.1. The molecule has 1 unspecified atom stereocenters. The number of hydrogen-bond acceptors (Lipinski definition) is 4. The van der Waals surface area contributed by atoms with Crippen LogP contribution in [0.4, 0.5) is 0 Å². The fourth-order valence-electron chi connectivity index (χ4n) is 2.40. The van der Waals surface area contributed by atoms with E-state index < -0.39 is 10.0 Å². The van der Waals surface area contributed by atoms with Crippen LogP contribution in [-0.4, -0.2) is 45.5 Å². The molecule has 2 aromatic rings. The minimum absolute atomic E-state index is 0. The Bertz CT molecular complexity index is 834. The molecule has 0 radical (unpaired) electrons. The molecule has 0 saturated carbocycles. The molecule has 0 saturated heterocycles. The standard InChI is InChI=1S/C20H28N4O2S2.HI/c1-17(27-19-11-7-4-8-12-19)15-23-20(21-2)22-13-14-28(25,26)24-16-18-9-5-3-6-10-18;/h3-12,17,24H,13-16H2,1-2H3,(H2,21,22,23);1H. The fourth-order valence-corrected chi connectivity index (χ4v) is 4.25. The van der Waals surface area contributed by atoms with Gasteiger partial charge in [-0.05, 0) is 17.7 Å². The van der Waals surface area contributed by atoms with E-state index in [-0.39, 0.29) is 36.3 Å². The van der Waals surface area contributed by atoms with Crippen LogP contribution in [0, 0.1) is 0 Å². The van der Waals surface area contributed by atoms with E-state index in [4.69, 9.17) is 0 Å². The van der Waals surface area contributed by atoms with Crippen molar-refractivity contribution in [2.45, 2.75) is 23.6 Å². The molecule has 160 valence electrons. The Morgan fingerprint density at radius 1 is 1.03 bits per heavy atom. The van der Waals surface area contributed by atoms with Gasteiger partial charge in [0, 0.05) is 36.8 Å². The number of halogens is 1. The quantitative estimate of drug-likeness (QED) is 0.184. The summed E-state index contributed by atoms with van der Waals surface area (Å²) in [4.78, 5) is 5.37. The molecule has 0 fully saturated rings. The second kappa shape index (κ2) is 13.8. The van der Waals surface area contributed by atoms with E-state index in [1.165, 1.54) is 4.90 Å². The molecule has 0 bridgehead atoms. The summed E-state index contributed by atoms with van der Waals surface area (Å²) in [6, 6.07) is 19.7. The summed E-state index contributed by atoms with van der Waals surface area (Å²) in [5, 5.41) is 6.63. The lowest BCUT2D eigenvalue weighted by atomic mass is 10.2. The van der Waals surface area contributed by atoms with Crippen molar-refractivity contribution >= 4 is 51.7 Å². The molecule has 1 atom stereocenters. The molecular formula is C20H29IN4O2S2. The number of nitrogens with one attached hydrogen (secondary N) is 3. The third-order valence-corrected chi connectivity index (χ3v) is 6.30. The number of aliphatic imine (C=N–C) groups is 1. The van der Waals surface area contributed by atoms with Crippen LogP contribution in [0.15, 0.2) is 70.6 Å². The summed E-state index contributed by atoms with van der Waals surface area (Å²) in [7, 11) is -1.68. The number of guanidine groups is 1. The molecule has 0 aromatic heterocycles. The highest BCUT2D eigenvalue weighted by molar-refractivity contribution is 14.0. The first-order chi connectivity index (χ1) is 13.5. The molecule has 0 aliphatic heterocycles. The largest absolute Gasteiger partial charge is 0.355 e. The summed E-state index contributed by atoms with van der Waals surface area (Å²) in [5.74, 6) is 0.577. The lowest BCUT2D eigenvalue weighted by molar-refractivity contribution is 0.580. The smallest absolute Gasteiger partial charge is 0.213 e. The first kappa shape index (κ1) is 25.7. The van der Waals surface area contributed by atoms with Gasteiger partial charge in [0.05, 0.1) is 5.75 Å². The number of hydrogen-bond donors (Lipinski definition) is 3. The van der Waals surface area contributed by atoms with Gasteiger partial charge in [0.25, 0.3) is 0 Å². The zero-order valence-corrected chi connectivity index (χ0v) is 20.6. The van der Waals surface area contributed by atoms with Crippen molar-refractivity contribution in [1.82, 2.24) is 15.4 Å². The summed E-state index contributed by atoms with van der Waals surface area (Å²) in [6.45, 7) is 3.43. The van der Waals surface area contributed by atoms with Gasteiger partial charge in [0.2, 0.25) is 10.0 Å². The van der Waals surface area contributed by atoms with Crippen molar-refractivity contribution in [3.63, 3.8) is 0 Å². The van der Waals surface area contributed by atoms with E-state index in [9.17, 15) is 8.42 Å². The van der Waals surface area contributed by atoms with Gasteiger partial charge >= 0.3 is 0 Å². The molecular weight excluding hydrogens is 519 g/mol. The monoisotopic (exact) mass is 548 g/mol. The Morgan fingerprint density at radius 3 is 2.28 bits per heavy atom. The van der Waals surface area contributed by atoms with E-state index in [1.54, 1.807) is 18.8 Å². The van der Waals surface area contributed by atoms with E-state index >= 15 is 0 Å². The number of rotatable bonds is 10. The van der Waals surface area contributed by atoms with Crippen molar-refractivity contribution in [2.24, 2.45) is 4.99 Å². The van der Waals surface area contributed by atoms with E-state index in [0.29, 0.717) is 17.8 Å². The molecule has 9 heteroatoms. The van der Waals surface area contributed by atoms with Crippen molar-refractivity contribution < 1.29 is 8.42 Å². The van der Waals surface area contributed by atoms with Gasteiger partial charge in [-0.2, -0.15) is 0 Å². The molecule has 6 nitrogen and oxygen atoms in total. The van der Waals surface area contributed by atoms with E-state index in [2.05, 4.69) is 39.4 Å². The number of nitrogens with zero attached hydrogens (tertiary/aromatic N) is 1. The molecule has 0 spiro atoms. The van der Waals surface area contributed by atoms with Crippen molar-refractivity contribution in [3.05, 3.63) is 66.2 Å². The molecule has 2 rings (SSSR count). The van der Waals surface area contributed by atoms with Crippen LogP contribution in [0.2, 0.25) is 0 Å². The highest BCUT2D eigenvalue weighted by atomic mass is 127. The normalized spacial score (nSPS) is 12.7. The second-order valence-corrected chi connectivity index (χ2v) is 9.69. The van der Waals surface area contributed by atoms with Crippen LogP contribution < -0.4 is 15.4 Å². The predicted molar refractivity (Wildman–Crippen MR) is 134 cm³/mol. The zero-order valence-electron chi connectivity index (χ0n) is 16.7. The van der Waals surface area contributed by atoms with Gasteiger partial charge < -0.3 is 10.6 Å². The zero-order chi connectivity index (χ0) is 20.2. The molecule has 0 amide bonds. The summed E-state index contributed by atoms with van der Waals surface area (Å²) >= 11 is 1.78. The van der Waals surface area contributed by atoms with Gasteiger partial charge in [-0.1, -0.05) is 55.5 Å². The van der Waals surface area contributed by atoms with Crippen LogP contribution in [0.3, 0.4) is 0 Å². The van der Waals surface area contributed by atoms with Gasteiger partial charge in [0.1, 0.15) is 0 Å². The third-order valence-electron chi connectivity index (χ3n) is 3.86. The molecule has 3 N–H and O–H groups in total. The van der Waals surface area contributed by atoms with Crippen LogP contribution in [0.25, 0.3) is 0 Å². The lowest BCUT2D eigenvalue weighted by Gasteiger charge is -2.16. The molecule has 0 heterocycles. The number of benzene rings is 2. The van der Waals surface area contributed by atoms with Crippen LogP contribution in [-0.2, 0) is 16.6 Å². The summed E-state index contributed by atoms with van der Waals surface area (Å²) < 4.78 is 26.9. The number of sulfonamides is 1. The maximum absolute atomic E-state index is 12.1. The van der Waals surface area contributed by atoms with Gasteiger partial charge in [0.15, 0.2) is 5.96 Å². The Balaban J connectivity index is 0.00000420. The van der Waals surface area contributed by atoms with Gasteiger partial charge in [-0.15, -0.1) is 35.7 Å². The van der Waals surface area contributed by atoms with Crippen molar-refractivity contribution in [1.29, 1.82) is 0 Å². The molecule has 0 aliphatic carbocycles. The van der Waals surface area contributed by atoms with Crippen LogP contribution in [0.1, 0.15) is 12.5 Å². The van der Waals surface area contributed by atoms with Crippen molar-refractivity contribution in [3.8, 4) is 0 Å². The first-order valence-electron chi connectivity index (χ1n) is 9.16. The Labute approximate surface area is 195 Å². The highest BCUT2D eigenvalue weighted by Crippen LogP contribution is 2.21. The highest BCUT2D eigenvalue weighted by Gasteiger charge is 2.11. The van der Waals surface area contributed by atoms with Crippen LogP contribution in [0.5, 0.6) is 0 Å². The molecule has 0 aliphatic rings. The number of thioether (sulfide) groups is 1. The summed E-state index contributed by atoms with van der Waals surface area (Å²) in [6.07, 6.45) is 0. The van der Waals surface area contributed by atoms with Crippen LogP contribution >= 0.6 is 35.7 Å². The van der Waals surface area contributed by atoms with Gasteiger partial charge in [-0.25, -0.2) is 13.1 Å². The maximum Gasteiger partial charge on any atom is 0.213 e. The second-order valence-electron chi connectivity index (χ2n) is 6.25. The van der Waals surface area contributed by atoms with E-state index in [0.717, 1.165) is 12.1 Å². The van der Waals surface area contributed by atoms with E-state index in [1.807, 2.05) is 48.5 Å². The average Bonchev–Trinajstić information content (AvgIpc) is 2.70. The van der Waals surface area contributed by atoms with Crippen molar-refractivity contribution in [2.75, 3.05) is 25.9 Å². The molecule has 2 aromatic carbocycles. The SMILES string of the molecule is CN=C(NCCS(=O)(=O)NCc1ccccc1)NCC(C)Sc1ccccc1.I. The first-order valence-corrected chi connectivity index (χ1v) is 11.7. The fraction of sp³-hybridized carbons (Fsp3) is 0.350. The third kappa shape index (κ3) is 10.9. The van der Waals surface area contributed by atoms with Gasteiger partial charge in [-0.3, -0.25) is 4.99 Å². The average molecular weight is 549 g/mol. The minimum Gasteiger partial charge on any atom is -0.355 e. The topological polar surface area (TPSA) is 82.6 Å². The predicted octanol–water partition coefficient (Wildman–Crippen LogP) is 3.07. The minimum atomic E-state index is -3.36. The summed E-state index contributed by atoms with van der Waals surface area (Å²) in [5.41, 5.74) is 0.932.